The highest BCUT2D eigenvalue weighted by Gasteiger charge is 2.23. The smallest absolute Gasteiger partial charge is 0.359 e. The standard InChI is InChI=1S/C22H15ClFN3O4S/c1-2-31-22(30)18-16-11-32-20(25-19(28)12-6-8-13(23)9-7-12)17(16)21(29)27(26-18)15-5-3-4-14(24)10-15/h3-11H,2H2,1H3,(H,25,28). The van der Waals surface area contributed by atoms with Crippen LogP contribution in [0, 0.1) is 5.82 Å². The third-order valence-corrected chi connectivity index (χ3v) is 5.65. The highest BCUT2D eigenvalue weighted by molar-refractivity contribution is 7.16. The molecule has 1 N–H and O–H groups in total. The Labute approximate surface area is 190 Å². The van der Waals surface area contributed by atoms with E-state index in [2.05, 4.69) is 10.4 Å². The van der Waals surface area contributed by atoms with Crippen molar-refractivity contribution in [2.75, 3.05) is 11.9 Å². The minimum atomic E-state index is -0.740. The van der Waals surface area contributed by atoms with Crippen molar-refractivity contribution in [1.29, 1.82) is 0 Å². The van der Waals surface area contributed by atoms with E-state index >= 15 is 0 Å². The van der Waals surface area contributed by atoms with Crippen LogP contribution < -0.4 is 10.9 Å². The van der Waals surface area contributed by atoms with Gasteiger partial charge in [0.05, 0.1) is 17.7 Å². The maximum absolute atomic E-state index is 13.8. The number of fused-ring (bicyclic) bond motifs is 1. The third-order valence-electron chi connectivity index (χ3n) is 4.51. The molecule has 0 bridgehead atoms. The first-order valence-corrected chi connectivity index (χ1v) is 10.7. The second-order valence-corrected chi connectivity index (χ2v) is 7.90. The molecular formula is C22H15ClFN3O4S. The number of amides is 1. The molecule has 0 saturated heterocycles. The summed E-state index contributed by atoms with van der Waals surface area (Å²) < 4.78 is 19.8. The van der Waals surface area contributed by atoms with Gasteiger partial charge in [0.1, 0.15) is 10.8 Å². The van der Waals surface area contributed by atoms with Gasteiger partial charge < -0.3 is 10.1 Å². The lowest BCUT2D eigenvalue weighted by Gasteiger charge is -2.10. The number of hydrogen-bond acceptors (Lipinski definition) is 6. The Morgan fingerprint density at radius 2 is 1.97 bits per heavy atom. The number of esters is 1. The molecule has 2 aromatic carbocycles. The van der Waals surface area contributed by atoms with Crippen molar-refractivity contribution in [1.82, 2.24) is 9.78 Å². The maximum Gasteiger partial charge on any atom is 0.359 e. The average Bonchev–Trinajstić information content (AvgIpc) is 3.18. The summed E-state index contributed by atoms with van der Waals surface area (Å²) in [6, 6.07) is 11.5. The van der Waals surface area contributed by atoms with Gasteiger partial charge >= 0.3 is 5.97 Å². The lowest BCUT2D eigenvalue weighted by atomic mass is 10.2. The Morgan fingerprint density at radius 1 is 1.22 bits per heavy atom. The molecule has 0 aliphatic carbocycles. The van der Waals surface area contributed by atoms with Crippen molar-refractivity contribution in [2.45, 2.75) is 6.92 Å². The maximum atomic E-state index is 13.8. The van der Waals surface area contributed by atoms with Crippen LogP contribution in [0.5, 0.6) is 0 Å². The van der Waals surface area contributed by atoms with Gasteiger partial charge in [-0.15, -0.1) is 11.3 Å². The van der Waals surface area contributed by atoms with Gasteiger partial charge in [0.25, 0.3) is 11.5 Å². The molecule has 0 fully saturated rings. The first-order valence-electron chi connectivity index (χ1n) is 9.43. The van der Waals surface area contributed by atoms with Crippen LogP contribution in [0.4, 0.5) is 9.39 Å². The minimum Gasteiger partial charge on any atom is -0.461 e. The second kappa shape index (κ2) is 8.89. The van der Waals surface area contributed by atoms with Crippen LogP contribution in [0.1, 0.15) is 27.8 Å². The summed E-state index contributed by atoms with van der Waals surface area (Å²) >= 11 is 6.93. The number of carbonyl (C=O) groups is 2. The molecule has 0 aliphatic heterocycles. The Balaban J connectivity index is 1.88. The summed E-state index contributed by atoms with van der Waals surface area (Å²) in [5.41, 5.74) is -0.273. The summed E-state index contributed by atoms with van der Waals surface area (Å²) in [6.45, 7) is 1.74. The zero-order valence-electron chi connectivity index (χ0n) is 16.6. The van der Waals surface area contributed by atoms with Crippen LogP contribution in [-0.2, 0) is 4.74 Å². The number of rotatable bonds is 5. The van der Waals surface area contributed by atoms with Crippen LogP contribution in [-0.4, -0.2) is 28.3 Å². The van der Waals surface area contributed by atoms with Gasteiger partial charge in [0.15, 0.2) is 5.69 Å². The van der Waals surface area contributed by atoms with E-state index in [4.69, 9.17) is 16.3 Å². The van der Waals surface area contributed by atoms with Gasteiger partial charge in [0, 0.05) is 21.4 Å². The SMILES string of the molecule is CCOC(=O)c1nn(-c2cccc(F)c2)c(=O)c2c(NC(=O)c3ccc(Cl)cc3)scc12. The van der Waals surface area contributed by atoms with E-state index in [1.54, 1.807) is 36.6 Å². The monoisotopic (exact) mass is 471 g/mol. The number of thiophene rings is 1. The molecule has 10 heteroatoms. The number of ether oxygens (including phenoxy) is 1. The molecule has 0 atom stereocenters. The van der Waals surface area contributed by atoms with Crippen LogP contribution in [0.2, 0.25) is 5.02 Å². The first kappa shape index (κ1) is 21.7. The lowest BCUT2D eigenvalue weighted by molar-refractivity contribution is 0.0520. The Morgan fingerprint density at radius 3 is 2.66 bits per heavy atom. The first-order chi connectivity index (χ1) is 15.4. The summed E-state index contributed by atoms with van der Waals surface area (Å²) in [5, 5.41) is 9.38. The largest absolute Gasteiger partial charge is 0.461 e. The summed E-state index contributed by atoms with van der Waals surface area (Å²) in [6.07, 6.45) is 0. The van der Waals surface area contributed by atoms with Gasteiger partial charge in [-0.05, 0) is 49.4 Å². The topological polar surface area (TPSA) is 90.3 Å². The zero-order chi connectivity index (χ0) is 22.8. The van der Waals surface area contributed by atoms with Crippen molar-refractivity contribution in [2.24, 2.45) is 0 Å². The van der Waals surface area contributed by atoms with E-state index in [9.17, 15) is 18.8 Å². The molecular weight excluding hydrogens is 457 g/mol. The van der Waals surface area contributed by atoms with Crippen LogP contribution in [0.3, 0.4) is 0 Å². The van der Waals surface area contributed by atoms with Crippen molar-refractivity contribution in [3.05, 3.63) is 86.4 Å². The summed E-state index contributed by atoms with van der Waals surface area (Å²) in [7, 11) is 0. The third kappa shape index (κ3) is 4.12. The molecule has 1 amide bonds. The van der Waals surface area contributed by atoms with E-state index in [1.165, 1.54) is 18.2 Å². The van der Waals surface area contributed by atoms with E-state index in [0.29, 0.717) is 10.6 Å². The Hall–Kier alpha value is -3.56. The number of benzene rings is 2. The van der Waals surface area contributed by atoms with Crippen molar-refractivity contribution < 1.29 is 18.7 Å². The fraction of sp³-hybridized carbons (Fsp3) is 0.0909. The van der Waals surface area contributed by atoms with Crippen molar-refractivity contribution in [3.63, 3.8) is 0 Å². The number of carbonyl (C=O) groups excluding carboxylic acids is 2. The van der Waals surface area contributed by atoms with Crippen LogP contribution >= 0.6 is 22.9 Å². The van der Waals surface area contributed by atoms with Gasteiger partial charge in [-0.3, -0.25) is 9.59 Å². The van der Waals surface area contributed by atoms with E-state index < -0.39 is 23.3 Å². The minimum absolute atomic E-state index is 0.0691. The molecule has 7 nitrogen and oxygen atoms in total. The van der Waals surface area contributed by atoms with Crippen LogP contribution in [0.15, 0.2) is 58.7 Å². The van der Waals surface area contributed by atoms with Gasteiger partial charge in [-0.2, -0.15) is 9.78 Å². The van der Waals surface area contributed by atoms with E-state index in [1.807, 2.05) is 0 Å². The molecule has 0 saturated carbocycles. The molecule has 0 spiro atoms. The van der Waals surface area contributed by atoms with Crippen LogP contribution in [0.25, 0.3) is 16.5 Å². The predicted octanol–water partition coefficient (Wildman–Crippen LogP) is 4.67. The molecule has 2 aromatic heterocycles. The molecule has 2 heterocycles. The average molecular weight is 472 g/mol. The fourth-order valence-electron chi connectivity index (χ4n) is 3.05. The summed E-state index contributed by atoms with van der Waals surface area (Å²) in [4.78, 5) is 38.5. The number of hydrogen-bond donors (Lipinski definition) is 1. The Kier molecular flexibility index (Phi) is 6.02. The zero-order valence-corrected chi connectivity index (χ0v) is 18.2. The predicted molar refractivity (Wildman–Crippen MR) is 121 cm³/mol. The fourth-order valence-corrected chi connectivity index (χ4v) is 4.11. The molecule has 0 unspecified atom stereocenters. The molecule has 4 aromatic rings. The highest BCUT2D eigenvalue weighted by atomic mass is 35.5. The van der Waals surface area contributed by atoms with Gasteiger partial charge in [-0.25, -0.2) is 9.18 Å². The van der Waals surface area contributed by atoms with Crippen molar-refractivity contribution >= 4 is 50.6 Å². The number of nitrogens with one attached hydrogen (secondary N) is 1. The molecule has 32 heavy (non-hydrogen) atoms. The normalized spacial score (nSPS) is 10.8. The van der Waals surface area contributed by atoms with E-state index in [0.717, 1.165) is 22.1 Å². The van der Waals surface area contributed by atoms with E-state index in [-0.39, 0.29) is 33.8 Å². The molecule has 162 valence electrons. The second-order valence-electron chi connectivity index (χ2n) is 6.58. The highest BCUT2D eigenvalue weighted by Crippen LogP contribution is 2.31. The number of halogens is 2. The molecule has 0 aliphatic rings. The Bertz CT molecular complexity index is 1400. The van der Waals surface area contributed by atoms with Gasteiger partial charge in [0.2, 0.25) is 0 Å². The number of aromatic nitrogens is 2. The quantitative estimate of drug-likeness (QED) is 0.427. The van der Waals surface area contributed by atoms with Gasteiger partial charge in [-0.1, -0.05) is 17.7 Å². The lowest BCUT2D eigenvalue weighted by Crippen LogP contribution is -2.25. The summed E-state index contributed by atoms with van der Waals surface area (Å²) in [5.74, 6) is -1.77. The number of anilines is 1. The molecule has 0 radical (unpaired) electrons. The molecule has 4 rings (SSSR count). The van der Waals surface area contributed by atoms with Crippen molar-refractivity contribution in [3.8, 4) is 5.69 Å². The number of nitrogens with zero attached hydrogens (tertiary/aromatic N) is 2.